The molecule has 2 aromatic rings. The Morgan fingerprint density at radius 2 is 1.76 bits per heavy atom. The second-order valence-electron chi connectivity index (χ2n) is 4.99. The first-order chi connectivity index (χ1) is 10.2. The fourth-order valence-electron chi connectivity index (χ4n) is 2.27. The van der Waals surface area contributed by atoms with Gasteiger partial charge >= 0.3 is 6.03 Å². The molecule has 0 saturated carbocycles. The molecule has 0 aliphatic heterocycles. The van der Waals surface area contributed by atoms with Crippen LogP contribution < -0.4 is 10.6 Å². The minimum Gasteiger partial charge on any atom is -0.335 e. The van der Waals surface area contributed by atoms with Crippen LogP contribution in [0, 0.1) is 0 Å². The van der Waals surface area contributed by atoms with Crippen molar-refractivity contribution < 1.29 is 4.79 Å². The second-order valence-corrected chi connectivity index (χ2v) is 5.97. The van der Waals surface area contributed by atoms with Crippen molar-refractivity contribution in [2.45, 2.75) is 38.8 Å². The van der Waals surface area contributed by atoms with Gasteiger partial charge in [0, 0.05) is 10.9 Å². The summed E-state index contributed by atoms with van der Waals surface area (Å²) in [5, 5.41) is 8.16. The Balaban J connectivity index is 2.12. The first kappa shape index (κ1) is 15.6. The fraction of sp³-hybridized carbons (Fsp3) is 0.353. The summed E-state index contributed by atoms with van der Waals surface area (Å²) in [6, 6.07) is 14.2. The summed E-state index contributed by atoms with van der Waals surface area (Å²) >= 11 is 1.66. The third kappa shape index (κ3) is 4.33. The van der Waals surface area contributed by atoms with E-state index >= 15 is 0 Å². The summed E-state index contributed by atoms with van der Waals surface area (Å²) in [5.74, 6) is 0. The molecule has 21 heavy (non-hydrogen) atoms. The molecule has 0 radical (unpaired) electrons. The molecule has 1 aromatic carbocycles. The number of nitrogens with one attached hydrogen (secondary N) is 2. The zero-order chi connectivity index (χ0) is 15.1. The van der Waals surface area contributed by atoms with Crippen LogP contribution in [-0.2, 0) is 0 Å². The van der Waals surface area contributed by atoms with Crippen LogP contribution >= 0.6 is 11.3 Å². The molecule has 0 spiro atoms. The molecule has 112 valence electrons. The van der Waals surface area contributed by atoms with Crippen LogP contribution in [-0.4, -0.2) is 12.1 Å². The summed E-state index contributed by atoms with van der Waals surface area (Å²) in [4.78, 5) is 13.4. The van der Waals surface area contributed by atoms with Gasteiger partial charge in [0.1, 0.15) is 0 Å². The maximum Gasteiger partial charge on any atom is 0.315 e. The average molecular weight is 302 g/mol. The molecule has 3 nitrogen and oxygen atoms in total. The van der Waals surface area contributed by atoms with Crippen molar-refractivity contribution in [2.24, 2.45) is 0 Å². The maximum absolute atomic E-state index is 12.2. The fourth-order valence-corrected chi connectivity index (χ4v) is 3.07. The zero-order valence-corrected chi connectivity index (χ0v) is 13.3. The van der Waals surface area contributed by atoms with Crippen LogP contribution in [0.4, 0.5) is 4.79 Å². The van der Waals surface area contributed by atoms with Gasteiger partial charge in [-0.05, 0) is 29.9 Å². The van der Waals surface area contributed by atoms with E-state index in [1.807, 2.05) is 41.8 Å². The summed E-state index contributed by atoms with van der Waals surface area (Å²) in [7, 11) is 0. The number of rotatable bonds is 6. The molecule has 1 heterocycles. The van der Waals surface area contributed by atoms with Gasteiger partial charge < -0.3 is 10.6 Å². The van der Waals surface area contributed by atoms with Crippen LogP contribution in [0.1, 0.15) is 43.2 Å². The molecule has 0 saturated heterocycles. The summed E-state index contributed by atoms with van der Waals surface area (Å²) < 4.78 is 0. The van der Waals surface area contributed by atoms with Gasteiger partial charge in [0.25, 0.3) is 0 Å². The molecule has 2 rings (SSSR count). The molecular formula is C17H22N2OS. The monoisotopic (exact) mass is 302 g/mol. The highest BCUT2D eigenvalue weighted by Crippen LogP contribution is 2.25. The smallest absolute Gasteiger partial charge is 0.315 e. The van der Waals surface area contributed by atoms with E-state index in [-0.39, 0.29) is 18.1 Å². The number of urea groups is 1. The van der Waals surface area contributed by atoms with Gasteiger partial charge in [-0.1, -0.05) is 50.2 Å². The molecular weight excluding hydrogens is 280 g/mol. The Labute approximate surface area is 130 Å². The highest BCUT2D eigenvalue weighted by molar-refractivity contribution is 7.10. The van der Waals surface area contributed by atoms with E-state index in [2.05, 4.69) is 30.5 Å². The second kappa shape index (κ2) is 7.84. The minimum atomic E-state index is -0.106. The third-order valence-electron chi connectivity index (χ3n) is 3.56. The SMILES string of the molecule is CCC(CC)NC(=O)N[C@@H](c1ccccc1)c1cccs1. The van der Waals surface area contributed by atoms with Gasteiger partial charge in [0.2, 0.25) is 0 Å². The number of benzene rings is 1. The van der Waals surface area contributed by atoms with E-state index < -0.39 is 0 Å². The van der Waals surface area contributed by atoms with Gasteiger partial charge in [-0.2, -0.15) is 0 Å². The van der Waals surface area contributed by atoms with Crippen molar-refractivity contribution in [1.29, 1.82) is 0 Å². The van der Waals surface area contributed by atoms with E-state index in [0.29, 0.717) is 0 Å². The number of hydrogen-bond donors (Lipinski definition) is 2. The van der Waals surface area contributed by atoms with Crippen molar-refractivity contribution in [3.05, 3.63) is 58.3 Å². The topological polar surface area (TPSA) is 41.1 Å². The molecule has 2 N–H and O–H groups in total. The number of thiophene rings is 1. The largest absolute Gasteiger partial charge is 0.335 e. The minimum absolute atomic E-state index is 0.0967. The quantitative estimate of drug-likeness (QED) is 0.819. The van der Waals surface area contributed by atoms with E-state index in [4.69, 9.17) is 0 Å². The summed E-state index contributed by atoms with van der Waals surface area (Å²) in [6.45, 7) is 4.17. The number of hydrogen-bond acceptors (Lipinski definition) is 2. The average Bonchev–Trinajstić information content (AvgIpc) is 3.05. The third-order valence-corrected chi connectivity index (χ3v) is 4.49. The van der Waals surface area contributed by atoms with E-state index in [9.17, 15) is 4.79 Å². The lowest BCUT2D eigenvalue weighted by molar-refractivity contribution is 0.234. The normalized spacial score (nSPS) is 12.1. The molecule has 4 heteroatoms. The van der Waals surface area contributed by atoms with Crippen molar-refractivity contribution in [1.82, 2.24) is 10.6 Å². The molecule has 0 aliphatic rings. The van der Waals surface area contributed by atoms with Gasteiger partial charge in [0.05, 0.1) is 6.04 Å². The van der Waals surface area contributed by atoms with Crippen molar-refractivity contribution in [3.63, 3.8) is 0 Å². The number of amides is 2. The van der Waals surface area contributed by atoms with Crippen LogP contribution in [0.25, 0.3) is 0 Å². The lowest BCUT2D eigenvalue weighted by Gasteiger charge is -2.21. The lowest BCUT2D eigenvalue weighted by atomic mass is 10.1. The van der Waals surface area contributed by atoms with Gasteiger partial charge in [0.15, 0.2) is 0 Å². The van der Waals surface area contributed by atoms with E-state index in [1.54, 1.807) is 11.3 Å². The van der Waals surface area contributed by atoms with Crippen LogP contribution in [0.2, 0.25) is 0 Å². The van der Waals surface area contributed by atoms with Crippen LogP contribution in [0.5, 0.6) is 0 Å². The molecule has 1 aromatic heterocycles. The Morgan fingerprint density at radius 3 is 2.33 bits per heavy atom. The first-order valence-corrected chi connectivity index (χ1v) is 8.28. The van der Waals surface area contributed by atoms with Gasteiger partial charge in [-0.15, -0.1) is 11.3 Å². The number of carbonyl (C=O) groups excluding carboxylic acids is 1. The zero-order valence-electron chi connectivity index (χ0n) is 12.5. The molecule has 2 amide bonds. The van der Waals surface area contributed by atoms with Crippen molar-refractivity contribution >= 4 is 17.4 Å². The molecule has 0 unspecified atom stereocenters. The van der Waals surface area contributed by atoms with Crippen LogP contribution in [0.15, 0.2) is 47.8 Å². The summed E-state index contributed by atoms with van der Waals surface area (Å²) in [6.07, 6.45) is 1.89. The standard InChI is InChI=1S/C17H22N2OS/c1-3-14(4-2)18-17(20)19-16(15-11-8-12-21-15)13-9-6-5-7-10-13/h5-12,14,16H,3-4H2,1-2H3,(H2,18,19,20)/t16-/m0/s1. The van der Waals surface area contributed by atoms with E-state index in [0.717, 1.165) is 23.3 Å². The molecule has 0 fully saturated rings. The first-order valence-electron chi connectivity index (χ1n) is 7.40. The summed E-state index contributed by atoms with van der Waals surface area (Å²) in [5.41, 5.74) is 1.10. The van der Waals surface area contributed by atoms with Crippen LogP contribution in [0.3, 0.4) is 0 Å². The Morgan fingerprint density at radius 1 is 1.05 bits per heavy atom. The molecule has 0 aliphatic carbocycles. The Bertz CT molecular complexity index is 535. The molecule has 1 atom stereocenters. The highest BCUT2D eigenvalue weighted by Gasteiger charge is 2.18. The molecule has 0 bridgehead atoms. The van der Waals surface area contributed by atoms with Crippen molar-refractivity contribution in [2.75, 3.05) is 0 Å². The van der Waals surface area contributed by atoms with Crippen molar-refractivity contribution in [3.8, 4) is 0 Å². The highest BCUT2D eigenvalue weighted by atomic mass is 32.1. The lowest BCUT2D eigenvalue weighted by Crippen LogP contribution is -2.43. The van der Waals surface area contributed by atoms with Gasteiger partial charge in [-0.3, -0.25) is 0 Å². The Hall–Kier alpha value is -1.81. The maximum atomic E-state index is 12.2. The number of carbonyl (C=O) groups is 1. The Kier molecular flexibility index (Phi) is 5.81. The van der Waals surface area contributed by atoms with E-state index in [1.165, 1.54) is 0 Å². The predicted octanol–water partition coefficient (Wildman–Crippen LogP) is 4.33. The van der Waals surface area contributed by atoms with Gasteiger partial charge in [-0.25, -0.2) is 4.79 Å². The predicted molar refractivity (Wildman–Crippen MR) is 88.6 cm³/mol.